The summed E-state index contributed by atoms with van der Waals surface area (Å²) in [5.41, 5.74) is 2.49. The normalized spacial score (nSPS) is 17.1. The molecule has 100 valence electrons. The number of rotatable bonds is 2. The van der Waals surface area contributed by atoms with E-state index in [1.807, 2.05) is 18.3 Å². The lowest BCUT2D eigenvalue weighted by Gasteiger charge is -2.37. The van der Waals surface area contributed by atoms with Crippen LogP contribution in [0.5, 0.6) is 0 Å². The first-order valence-electron chi connectivity index (χ1n) is 6.92. The number of nitrogens with zero attached hydrogens (tertiary/aromatic N) is 1. The van der Waals surface area contributed by atoms with Gasteiger partial charge in [0.2, 0.25) is 0 Å². The van der Waals surface area contributed by atoms with Gasteiger partial charge in [-0.25, -0.2) is 0 Å². The molecule has 1 saturated carbocycles. The highest BCUT2D eigenvalue weighted by atomic mass is 32.1. The molecule has 1 aliphatic carbocycles. The fourth-order valence-corrected chi connectivity index (χ4v) is 3.78. The van der Waals surface area contributed by atoms with Crippen LogP contribution in [-0.4, -0.2) is 10.1 Å². The summed E-state index contributed by atoms with van der Waals surface area (Å²) in [6.45, 7) is 0. The van der Waals surface area contributed by atoms with Gasteiger partial charge in [-0.15, -0.1) is 11.3 Å². The van der Waals surface area contributed by atoms with E-state index in [1.54, 1.807) is 11.3 Å². The number of thiophene rings is 1. The maximum atomic E-state index is 10.5. The van der Waals surface area contributed by atoms with Crippen LogP contribution in [-0.2, 0) is 5.60 Å². The van der Waals surface area contributed by atoms with E-state index in [-0.39, 0.29) is 0 Å². The van der Waals surface area contributed by atoms with Crippen LogP contribution in [0.2, 0.25) is 0 Å². The molecule has 3 heteroatoms. The van der Waals surface area contributed by atoms with Crippen molar-refractivity contribution in [3.8, 4) is 11.3 Å². The van der Waals surface area contributed by atoms with E-state index < -0.39 is 5.60 Å². The third-order valence-electron chi connectivity index (χ3n) is 4.23. The highest BCUT2D eigenvalue weighted by Gasteiger charge is 2.36. The van der Waals surface area contributed by atoms with Gasteiger partial charge < -0.3 is 5.11 Å². The van der Waals surface area contributed by atoms with Gasteiger partial charge in [0, 0.05) is 16.5 Å². The fourth-order valence-electron chi connectivity index (χ4n) is 2.86. The van der Waals surface area contributed by atoms with Crippen molar-refractivity contribution in [2.75, 3.05) is 0 Å². The van der Waals surface area contributed by atoms with Crippen molar-refractivity contribution >= 4 is 21.4 Å². The molecule has 1 aliphatic rings. The molecule has 0 spiro atoms. The average Bonchev–Trinajstić information content (AvgIpc) is 2.93. The summed E-state index contributed by atoms with van der Waals surface area (Å²) in [6, 6.07) is 12.4. The van der Waals surface area contributed by atoms with Crippen LogP contribution in [0, 0.1) is 0 Å². The Bertz CT molecular complexity index is 773. The number of fused-ring (bicyclic) bond motifs is 1. The number of hydrogen-bond acceptors (Lipinski definition) is 3. The van der Waals surface area contributed by atoms with E-state index in [2.05, 4.69) is 34.6 Å². The molecular weight excluding hydrogens is 266 g/mol. The molecule has 0 unspecified atom stereocenters. The van der Waals surface area contributed by atoms with Crippen LogP contribution in [0.15, 0.2) is 48.0 Å². The average molecular weight is 281 g/mol. The Hall–Kier alpha value is -1.71. The lowest BCUT2D eigenvalue weighted by Crippen LogP contribution is -2.33. The number of aromatic nitrogens is 1. The monoisotopic (exact) mass is 281 g/mol. The maximum Gasteiger partial charge on any atom is 0.0897 e. The van der Waals surface area contributed by atoms with E-state index in [4.69, 9.17) is 0 Å². The zero-order valence-corrected chi connectivity index (χ0v) is 11.9. The minimum atomic E-state index is -0.624. The van der Waals surface area contributed by atoms with Gasteiger partial charge in [0.1, 0.15) is 0 Å². The van der Waals surface area contributed by atoms with Crippen molar-refractivity contribution in [2.24, 2.45) is 0 Å². The Morgan fingerprint density at radius 3 is 2.85 bits per heavy atom. The standard InChI is InChI=1S/C17H15NOS/c19-17(7-2-8-17)13-5-9-18-15(11-13)14-4-1-3-12-6-10-20-16(12)14/h1,3-6,9-11,19H,2,7-8H2. The van der Waals surface area contributed by atoms with Gasteiger partial charge in [0.15, 0.2) is 0 Å². The molecule has 0 saturated heterocycles. The molecule has 20 heavy (non-hydrogen) atoms. The first-order valence-corrected chi connectivity index (χ1v) is 7.80. The molecule has 2 aromatic heterocycles. The SMILES string of the molecule is OC1(c2ccnc(-c3cccc4ccsc34)c2)CCC1. The molecule has 0 atom stereocenters. The quantitative estimate of drug-likeness (QED) is 0.758. The van der Waals surface area contributed by atoms with E-state index in [0.29, 0.717) is 0 Å². The van der Waals surface area contributed by atoms with Crippen molar-refractivity contribution in [3.63, 3.8) is 0 Å². The van der Waals surface area contributed by atoms with Crippen LogP contribution in [0.1, 0.15) is 24.8 Å². The lowest BCUT2D eigenvalue weighted by molar-refractivity contribution is -0.0388. The van der Waals surface area contributed by atoms with E-state index >= 15 is 0 Å². The van der Waals surface area contributed by atoms with Gasteiger partial charge in [-0.2, -0.15) is 0 Å². The second-order valence-corrected chi connectivity index (χ2v) is 6.38. The third-order valence-corrected chi connectivity index (χ3v) is 5.20. The molecule has 3 aromatic rings. The highest BCUT2D eigenvalue weighted by molar-refractivity contribution is 7.17. The molecular formula is C17H15NOS. The summed E-state index contributed by atoms with van der Waals surface area (Å²) in [6.07, 6.45) is 4.64. The smallest absolute Gasteiger partial charge is 0.0897 e. The van der Waals surface area contributed by atoms with Crippen molar-refractivity contribution in [2.45, 2.75) is 24.9 Å². The first kappa shape index (κ1) is 12.1. The third kappa shape index (κ3) is 1.78. The molecule has 1 aromatic carbocycles. The van der Waals surface area contributed by atoms with E-state index in [1.165, 1.54) is 10.1 Å². The summed E-state index contributed by atoms with van der Waals surface area (Å²) in [5.74, 6) is 0. The first-order chi connectivity index (χ1) is 9.76. The molecule has 2 nitrogen and oxygen atoms in total. The Kier molecular flexibility index (Phi) is 2.65. The molecule has 0 radical (unpaired) electrons. The number of benzene rings is 1. The van der Waals surface area contributed by atoms with Crippen LogP contribution in [0.4, 0.5) is 0 Å². The zero-order valence-electron chi connectivity index (χ0n) is 11.0. The van der Waals surface area contributed by atoms with Crippen molar-refractivity contribution in [1.82, 2.24) is 4.98 Å². The van der Waals surface area contributed by atoms with Gasteiger partial charge in [-0.3, -0.25) is 4.98 Å². The van der Waals surface area contributed by atoms with Gasteiger partial charge in [-0.05, 0) is 53.8 Å². The Morgan fingerprint density at radius 2 is 2.05 bits per heavy atom. The van der Waals surface area contributed by atoms with Crippen LogP contribution >= 0.6 is 11.3 Å². The van der Waals surface area contributed by atoms with E-state index in [0.717, 1.165) is 36.1 Å². The minimum absolute atomic E-state index is 0.624. The highest BCUT2D eigenvalue weighted by Crippen LogP contribution is 2.42. The maximum absolute atomic E-state index is 10.5. The lowest BCUT2D eigenvalue weighted by atomic mass is 9.75. The molecule has 0 amide bonds. The number of aliphatic hydroxyl groups is 1. The molecule has 0 aliphatic heterocycles. The van der Waals surface area contributed by atoms with Crippen LogP contribution in [0.3, 0.4) is 0 Å². The predicted octanol–water partition coefficient (Wildman–Crippen LogP) is 4.33. The molecule has 0 bridgehead atoms. The van der Waals surface area contributed by atoms with Crippen molar-refractivity contribution < 1.29 is 5.11 Å². The molecule has 1 fully saturated rings. The number of pyridine rings is 1. The summed E-state index contributed by atoms with van der Waals surface area (Å²) in [5, 5.41) is 13.9. The zero-order chi connectivity index (χ0) is 13.6. The second kappa shape index (κ2) is 4.40. The molecule has 4 rings (SSSR count). The van der Waals surface area contributed by atoms with Crippen molar-refractivity contribution in [3.05, 3.63) is 53.5 Å². The van der Waals surface area contributed by atoms with Gasteiger partial charge >= 0.3 is 0 Å². The van der Waals surface area contributed by atoms with Gasteiger partial charge in [0.05, 0.1) is 11.3 Å². The Labute approximate surface area is 121 Å². The predicted molar refractivity (Wildman–Crippen MR) is 82.8 cm³/mol. The number of hydrogen-bond donors (Lipinski definition) is 1. The summed E-state index contributed by atoms with van der Waals surface area (Å²) < 4.78 is 1.26. The topological polar surface area (TPSA) is 33.1 Å². The molecule has 2 heterocycles. The van der Waals surface area contributed by atoms with E-state index in [9.17, 15) is 5.11 Å². The summed E-state index contributed by atoms with van der Waals surface area (Å²) >= 11 is 1.74. The summed E-state index contributed by atoms with van der Waals surface area (Å²) in [7, 11) is 0. The fraction of sp³-hybridized carbons (Fsp3) is 0.235. The van der Waals surface area contributed by atoms with Crippen LogP contribution in [0.25, 0.3) is 21.3 Å². The summed E-state index contributed by atoms with van der Waals surface area (Å²) in [4.78, 5) is 4.51. The van der Waals surface area contributed by atoms with Crippen LogP contribution < -0.4 is 0 Å². The van der Waals surface area contributed by atoms with Gasteiger partial charge in [0.25, 0.3) is 0 Å². The second-order valence-electron chi connectivity index (χ2n) is 5.46. The minimum Gasteiger partial charge on any atom is -0.385 e. The Balaban J connectivity index is 1.86. The van der Waals surface area contributed by atoms with Gasteiger partial charge in [-0.1, -0.05) is 18.2 Å². The molecule has 1 N–H and O–H groups in total. The Morgan fingerprint density at radius 1 is 1.15 bits per heavy atom. The van der Waals surface area contributed by atoms with Crippen molar-refractivity contribution in [1.29, 1.82) is 0 Å². The largest absolute Gasteiger partial charge is 0.385 e.